The van der Waals surface area contributed by atoms with E-state index < -0.39 is 139 Å². The minimum atomic E-state index is -1.83. The number of benzene rings is 1. The molecule has 0 saturated heterocycles. The monoisotopic (exact) mass is 1170 g/mol. The van der Waals surface area contributed by atoms with E-state index in [1.54, 1.807) is 0 Å². The molecule has 0 aliphatic heterocycles. The van der Waals surface area contributed by atoms with Crippen molar-refractivity contribution in [1.29, 1.82) is 0 Å². The van der Waals surface area contributed by atoms with Crippen molar-refractivity contribution in [3.63, 3.8) is 0 Å². The fourth-order valence-corrected chi connectivity index (χ4v) is 8.46. The Hall–Kier alpha value is -7.74. The zero-order valence-electron chi connectivity index (χ0n) is 47.8. The Morgan fingerprint density at radius 2 is 0.952 bits per heavy atom. The van der Waals surface area contributed by atoms with Crippen LogP contribution in [0.15, 0.2) is 40.3 Å². The number of primary amides is 1. The van der Waals surface area contributed by atoms with Crippen molar-refractivity contribution in [2.24, 2.45) is 50.1 Å². The highest BCUT2D eigenvalue weighted by Gasteiger charge is 2.39. The van der Waals surface area contributed by atoms with Gasteiger partial charge < -0.3 is 103 Å². The molecule has 31 nitrogen and oxygen atoms in total. The Balaban J connectivity index is 2.38. The largest absolute Gasteiger partial charge is 0.480 e. The van der Waals surface area contributed by atoms with Gasteiger partial charge >= 0.3 is 5.97 Å². The van der Waals surface area contributed by atoms with Crippen LogP contribution in [0.4, 0.5) is 0 Å². The van der Waals surface area contributed by atoms with Gasteiger partial charge in [-0.05, 0) is 123 Å². The third-order valence-corrected chi connectivity index (χ3v) is 13.3. The van der Waals surface area contributed by atoms with Gasteiger partial charge in [0.1, 0.15) is 48.3 Å². The first-order valence-electron chi connectivity index (χ1n) is 27.8. The van der Waals surface area contributed by atoms with Gasteiger partial charge in [0.05, 0.1) is 18.2 Å². The van der Waals surface area contributed by atoms with Crippen LogP contribution in [-0.2, 0) is 47.9 Å². The van der Waals surface area contributed by atoms with Crippen LogP contribution in [0.1, 0.15) is 123 Å². The molecule has 26 N–H and O–H groups in total. The maximum Gasteiger partial charge on any atom is 0.326 e. The Bertz CT molecular complexity index is 2350. The molecule has 31 heteroatoms. The van der Waals surface area contributed by atoms with Crippen molar-refractivity contribution in [3.05, 3.63) is 35.9 Å². The number of hydrogen-bond donors (Lipinski definition) is 19. The second-order valence-corrected chi connectivity index (χ2v) is 20.6. The van der Waals surface area contributed by atoms with E-state index in [1.165, 1.54) is 26.3 Å². The van der Waals surface area contributed by atoms with Gasteiger partial charge in [-0.25, -0.2) is 4.79 Å². The number of aliphatic hydroxyl groups excluding tert-OH is 2. The van der Waals surface area contributed by atoms with E-state index in [1.807, 2.05) is 30.3 Å². The number of rotatable bonds is 41. The molecule has 1 fully saturated rings. The molecule has 13 atom stereocenters. The average molecular weight is 1180 g/mol. The van der Waals surface area contributed by atoms with Crippen LogP contribution in [0, 0.1) is 0 Å². The van der Waals surface area contributed by atoms with Gasteiger partial charge in [-0.3, -0.25) is 53.1 Å². The minimum absolute atomic E-state index is 0.0270. The number of nitrogens with two attached hydrogens (primary N) is 7. The van der Waals surface area contributed by atoms with E-state index >= 15 is 0 Å². The van der Waals surface area contributed by atoms with E-state index in [-0.39, 0.29) is 69.6 Å². The molecule has 2 rings (SSSR count). The summed E-state index contributed by atoms with van der Waals surface area (Å²) in [4.78, 5) is 141. The van der Waals surface area contributed by atoms with E-state index in [9.17, 15) is 63.3 Å². The van der Waals surface area contributed by atoms with Crippen molar-refractivity contribution in [3.8, 4) is 0 Å². The smallest absolute Gasteiger partial charge is 0.326 e. The van der Waals surface area contributed by atoms with E-state index in [4.69, 9.17) is 40.1 Å². The molecule has 1 aromatic rings. The first-order chi connectivity index (χ1) is 39.2. The van der Waals surface area contributed by atoms with Gasteiger partial charge in [0, 0.05) is 31.5 Å². The Morgan fingerprint density at radius 1 is 0.530 bits per heavy atom. The third-order valence-electron chi connectivity index (χ3n) is 13.3. The molecule has 466 valence electrons. The van der Waals surface area contributed by atoms with Gasteiger partial charge in [0.15, 0.2) is 11.9 Å². The highest BCUT2D eigenvalue weighted by molar-refractivity contribution is 5.98. The van der Waals surface area contributed by atoms with Crippen molar-refractivity contribution in [1.82, 2.24) is 47.9 Å². The van der Waals surface area contributed by atoms with Gasteiger partial charge in [0.25, 0.3) is 0 Å². The fourth-order valence-electron chi connectivity index (χ4n) is 8.46. The predicted octanol–water partition coefficient (Wildman–Crippen LogP) is -6.10. The van der Waals surface area contributed by atoms with Crippen LogP contribution < -0.4 is 88.0 Å². The number of guanidine groups is 2. The highest BCUT2D eigenvalue weighted by Crippen LogP contribution is 2.40. The zero-order valence-corrected chi connectivity index (χ0v) is 47.8. The van der Waals surface area contributed by atoms with Crippen LogP contribution in [-0.4, -0.2) is 185 Å². The summed E-state index contributed by atoms with van der Waals surface area (Å²) in [5.74, 6) is -9.98. The molecular formula is C52H90N18O13. The summed E-state index contributed by atoms with van der Waals surface area (Å²) in [6.45, 7) is 5.89. The molecule has 0 heterocycles. The van der Waals surface area contributed by atoms with E-state index in [0.717, 1.165) is 13.3 Å². The summed E-state index contributed by atoms with van der Waals surface area (Å²) >= 11 is 0. The predicted molar refractivity (Wildman–Crippen MR) is 306 cm³/mol. The van der Waals surface area contributed by atoms with Crippen LogP contribution in [0.25, 0.3) is 0 Å². The molecule has 1 saturated carbocycles. The van der Waals surface area contributed by atoms with Crippen LogP contribution in [0.3, 0.4) is 0 Å². The average Bonchev–Trinajstić information content (AvgIpc) is 4.42. The molecule has 0 aromatic heterocycles. The molecule has 0 radical (unpaired) electrons. The highest BCUT2D eigenvalue weighted by atomic mass is 16.4. The lowest BCUT2D eigenvalue weighted by atomic mass is 10.0. The van der Waals surface area contributed by atoms with Crippen LogP contribution >= 0.6 is 0 Å². The quantitative estimate of drug-likeness (QED) is 0.0165. The lowest BCUT2D eigenvalue weighted by molar-refractivity contribution is -0.142. The number of aliphatic imine (C=N–C) groups is 2. The van der Waals surface area contributed by atoms with Crippen molar-refractivity contribution >= 4 is 71.1 Å². The first kappa shape index (κ1) is 71.4. The molecular weight excluding hydrogens is 1080 g/mol. The zero-order chi connectivity index (χ0) is 62.3. The topological polar surface area (TPSA) is 547 Å². The molecule has 1 aromatic carbocycles. The number of carbonyl (C=O) groups excluding carboxylic acids is 9. The van der Waals surface area contributed by atoms with Crippen LogP contribution in [0.2, 0.25) is 0 Å². The molecule has 0 unspecified atom stereocenters. The summed E-state index contributed by atoms with van der Waals surface area (Å²) in [5.41, 5.74) is 39.6. The molecule has 0 spiro atoms. The molecule has 83 heavy (non-hydrogen) atoms. The maximum absolute atomic E-state index is 14.4. The van der Waals surface area contributed by atoms with E-state index in [0.29, 0.717) is 44.7 Å². The summed E-state index contributed by atoms with van der Waals surface area (Å²) in [6, 6.07) is -2.97. The molecule has 0 bridgehead atoms. The second kappa shape index (κ2) is 37.4. The molecule has 1 aliphatic rings. The summed E-state index contributed by atoms with van der Waals surface area (Å²) in [5, 5.41) is 54.4. The summed E-state index contributed by atoms with van der Waals surface area (Å²) in [7, 11) is 0. The minimum Gasteiger partial charge on any atom is -0.480 e. The lowest BCUT2D eigenvalue weighted by Gasteiger charge is -2.29. The number of aliphatic carboxylic acids is 1. The normalized spacial score (nSPS) is 17.4. The number of unbranched alkanes of at least 4 members (excludes halogenated alkanes) is 2. The number of nitrogens with zero attached hydrogens (tertiary/aromatic N) is 2. The van der Waals surface area contributed by atoms with Crippen LogP contribution in [0.5, 0.6) is 0 Å². The Kier molecular flexibility index (Phi) is 32.1. The Labute approximate surface area is 482 Å². The van der Waals surface area contributed by atoms with Crippen molar-refractivity contribution < 1.29 is 63.3 Å². The van der Waals surface area contributed by atoms with Gasteiger partial charge in [-0.1, -0.05) is 30.3 Å². The number of amides is 9. The standard InChI is InChI=1S/C52H90N18O13/c1-27(54)42(74)64-35(19-13-25-62-52(58)59)46(78)70-41(30(4)72)49(81)67-33(16-9-11-23-60-38-26-32(38)31-14-6-5-7-15-31)44(76)66-36(20-21-39(55)73)47(79)69-40(29(3)71)48(80)63-28(2)43(75)65-34(18-12-24-61-51(56)57)45(77)68-37(50(82)83)17-8-10-22-53/h5-7,14-15,27-30,32-38,40-41,60,71-72H,8-13,16-26,53-54H2,1-4H3,(H2,55,73)(H,63,80)(H,64,74)(H,65,75)(H,66,76)(H,67,81)(H,68,77)(H,69,79)(H,70,78)(H,82,83)(H4,56,57,61)(H4,58,59,62)/t27-,28-,29+,30+,32+,33-,34-,35-,36-,37-,38-,40-,41-/m0/s1. The number of carbonyl (C=O) groups is 10. The maximum atomic E-state index is 14.4. The lowest BCUT2D eigenvalue weighted by Crippen LogP contribution is -2.62. The Morgan fingerprint density at radius 3 is 1.42 bits per heavy atom. The molecule has 9 amide bonds. The van der Waals surface area contributed by atoms with Crippen molar-refractivity contribution in [2.45, 2.75) is 190 Å². The number of hydrogen-bond acceptors (Lipinski definition) is 17. The SMILES string of the molecule is C[C@H](N)C(=O)N[C@@H](CCCN=C(N)N)C(=O)N[C@H](C(=O)N[C@@H](CCCCN[C@H]1C[C@@H]1c1ccccc1)C(=O)N[C@@H](CCC(N)=O)C(=O)N[C@H](C(=O)N[C@@H](C)C(=O)N[C@@H](CCCN=C(N)N)C(=O)N[C@@H](CCCCN)C(=O)O)[C@@H](C)O)[C@@H](C)O. The van der Waals surface area contributed by atoms with Gasteiger partial charge in [0.2, 0.25) is 53.2 Å². The number of nitrogens with one attached hydrogen (secondary N) is 9. The third kappa shape index (κ3) is 27.7. The van der Waals surface area contributed by atoms with Gasteiger partial charge in [-0.15, -0.1) is 0 Å². The second-order valence-electron chi connectivity index (χ2n) is 20.6. The number of carboxylic acids is 1. The van der Waals surface area contributed by atoms with Gasteiger partial charge in [-0.2, -0.15) is 0 Å². The first-order valence-corrected chi connectivity index (χ1v) is 27.8. The van der Waals surface area contributed by atoms with E-state index in [2.05, 4.69) is 57.8 Å². The summed E-state index contributed by atoms with van der Waals surface area (Å²) < 4.78 is 0. The number of carboxylic acid groups (broad SMARTS) is 1. The summed E-state index contributed by atoms with van der Waals surface area (Å²) in [6.07, 6.45) is -1.40. The molecule has 1 aliphatic carbocycles. The fraction of sp³-hybridized carbons (Fsp3) is 0.654. The van der Waals surface area contributed by atoms with Crippen molar-refractivity contribution in [2.75, 3.05) is 26.2 Å². The number of aliphatic hydroxyl groups is 2.